The van der Waals surface area contributed by atoms with E-state index in [1.54, 1.807) is 0 Å². The first-order valence-corrected chi connectivity index (χ1v) is 8.14. The molecule has 2 aliphatic heterocycles. The van der Waals surface area contributed by atoms with Crippen molar-refractivity contribution in [1.29, 1.82) is 0 Å². The van der Waals surface area contributed by atoms with E-state index in [0.717, 1.165) is 6.42 Å². The van der Waals surface area contributed by atoms with Gasteiger partial charge in [0, 0.05) is 6.61 Å². The van der Waals surface area contributed by atoms with Gasteiger partial charge in [0.25, 0.3) is 0 Å². The van der Waals surface area contributed by atoms with Crippen LogP contribution in [0.5, 0.6) is 0 Å². The van der Waals surface area contributed by atoms with Crippen LogP contribution in [0, 0.1) is 5.92 Å². The highest BCUT2D eigenvalue weighted by Gasteiger charge is 2.53. The molecule has 0 aromatic heterocycles. The lowest BCUT2D eigenvalue weighted by Crippen LogP contribution is -2.73. The number of nitrogens with one attached hydrogen (secondary N) is 1. The highest BCUT2D eigenvalue weighted by atomic mass is 16.5. The number of amides is 2. The van der Waals surface area contributed by atoms with E-state index in [2.05, 4.69) is 5.32 Å². The molecule has 3 unspecified atom stereocenters. The lowest BCUT2D eigenvalue weighted by Gasteiger charge is -2.49. The van der Waals surface area contributed by atoms with Crippen LogP contribution in [0.15, 0.2) is 0 Å². The summed E-state index contributed by atoms with van der Waals surface area (Å²) >= 11 is 0. The van der Waals surface area contributed by atoms with Crippen LogP contribution in [0.3, 0.4) is 0 Å². The topological polar surface area (TPSA) is 58.6 Å². The predicted octanol–water partition coefficient (Wildman–Crippen LogP) is 1.71. The molecule has 5 heteroatoms. The molecular formula is C16H28N2O3. The molecule has 0 saturated carbocycles. The van der Waals surface area contributed by atoms with Crippen molar-refractivity contribution in [2.24, 2.45) is 5.92 Å². The number of hydrogen-bond acceptors (Lipinski definition) is 3. The monoisotopic (exact) mass is 296 g/mol. The lowest BCUT2D eigenvalue weighted by atomic mass is 9.83. The summed E-state index contributed by atoms with van der Waals surface area (Å²) in [5.74, 6) is 0.133. The van der Waals surface area contributed by atoms with Crippen LogP contribution < -0.4 is 5.32 Å². The lowest BCUT2D eigenvalue weighted by molar-refractivity contribution is -0.161. The van der Waals surface area contributed by atoms with Crippen LogP contribution >= 0.6 is 0 Å². The van der Waals surface area contributed by atoms with Crippen LogP contribution in [0.1, 0.15) is 53.9 Å². The van der Waals surface area contributed by atoms with Crippen LogP contribution in [0.4, 0.5) is 0 Å². The summed E-state index contributed by atoms with van der Waals surface area (Å²) in [5, 5.41) is 3.01. The first kappa shape index (κ1) is 16.3. The van der Waals surface area contributed by atoms with Gasteiger partial charge < -0.3 is 15.0 Å². The van der Waals surface area contributed by atoms with Crippen LogP contribution in [-0.4, -0.2) is 47.0 Å². The minimum absolute atomic E-state index is 0.00693. The number of piperazine rings is 1. The van der Waals surface area contributed by atoms with E-state index in [1.807, 2.05) is 39.5 Å². The fourth-order valence-electron chi connectivity index (χ4n) is 3.66. The summed E-state index contributed by atoms with van der Waals surface area (Å²) < 4.78 is 5.64. The Labute approximate surface area is 127 Å². The van der Waals surface area contributed by atoms with Crippen molar-refractivity contribution in [3.63, 3.8) is 0 Å². The average Bonchev–Trinajstić information content (AvgIpc) is 2.86. The maximum atomic E-state index is 13.2. The van der Waals surface area contributed by atoms with Crippen molar-refractivity contribution < 1.29 is 14.3 Å². The van der Waals surface area contributed by atoms with Gasteiger partial charge in [-0.15, -0.1) is 0 Å². The molecule has 0 radical (unpaired) electrons. The molecule has 0 aromatic rings. The molecule has 2 fully saturated rings. The Morgan fingerprint density at radius 3 is 2.38 bits per heavy atom. The number of carbonyl (C=O) groups excluding carboxylic acids is 2. The maximum Gasteiger partial charge on any atom is 0.249 e. The zero-order valence-electron chi connectivity index (χ0n) is 13.8. The van der Waals surface area contributed by atoms with E-state index in [9.17, 15) is 9.59 Å². The van der Waals surface area contributed by atoms with Crippen molar-refractivity contribution in [3.8, 4) is 0 Å². The SMILES string of the molecule is CCC1(CC)NC(=O)C(C(C)C)N(C2CCOC2C)C1=O. The second kappa shape index (κ2) is 5.95. The average molecular weight is 296 g/mol. The third-order valence-corrected chi connectivity index (χ3v) is 5.11. The molecule has 2 saturated heterocycles. The normalized spacial score (nSPS) is 32.7. The molecule has 2 amide bonds. The maximum absolute atomic E-state index is 13.2. The van der Waals surface area contributed by atoms with Gasteiger partial charge in [-0.3, -0.25) is 9.59 Å². The standard InChI is InChI=1S/C16H28N2O3/c1-6-16(7-2)15(20)18(12-8-9-21-11(12)5)13(10(3)4)14(19)17-16/h10-13H,6-9H2,1-5H3,(H,17,19). The molecule has 21 heavy (non-hydrogen) atoms. The minimum atomic E-state index is -0.745. The summed E-state index contributed by atoms with van der Waals surface area (Å²) in [6, 6.07) is -0.383. The molecule has 120 valence electrons. The highest BCUT2D eigenvalue weighted by molar-refractivity contribution is 6.00. The van der Waals surface area contributed by atoms with Gasteiger partial charge in [0.1, 0.15) is 11.6 Å². The van der Waals surface area contributed by atoms with Crippen molar-refractivity contribution in [3.05, 3.63) is 0 Å². The number of hydrogen-bond donors (Lipinski definition) is 1. The zero-order chi connectivity index (χ0) is 15.8. The van der Waals surface area contributed by atoms with Crippen LogP contribution in [-0.2, 0) is 14.3 Å². The van der Waals surface area contributed by atoms with Gasteiger partial charge in [0.05, 0.1) is 12.1 Å². The van der Waals surface area contributed by atoms with Gasteiger partial charge in [-0.1, -0.05) is 27.7 Å². The molecule has 3 atom stereocenters. The van der Waals surface area contributed by atoms with Gasteiger partial charge in [-0.2, -0.15) is 0 Å². The Morgan fingerprint density at radius 2 is 1.95 bits per heavy atom. The van der Waals surface area contributed by atoms with E-state index in [0.29, 0.717) is 19.4 Å². The second-order valence-electron chi connectivity index (χ2n) is 6.61. The minimum Gasteiger partial charge on any atom is -0.376 e. The van der Waals surface area contributed by atoms with Gasteiger partial charge in [0.15, 0.2) is 0 Å². The fourth-order valence-corrected chi connectivity index (χ4v) is 3.66. The number of ether oxygens (including phenoxy) is 1. The smallest absolute Gasteiger partial charge is 0.249 e. The van der Waals surface area contributed by atoms with Crippen LogP contribution in [0.25, 0.3) is 0 Å². The Hall–Kier alpha value is -1.10. The second-order valence-corrected chi connectivity index (χ2v) is 6.61. The molecular weight excluding hydrogens is 268 g/mol. The quantitative estimate of drug-likeness (QED) is 0.859. The van der Waals surface area contributed by atoms with Gasteiger partial charge in [-0.25, -0.2) is 0 Å². The third-order valence-electron chi connectivity index (χ3n) is 5.11. The highest BCUT2D eigenvalue weighted by Crippen LogP contribution is 2.33. The van der Waals surface area contributed by atoms with Crippen molar-refractivity contribution in [1.82, 2.24) is 10.2 Å². The van der Waals surface area contributed by atoms with E-state index in [-0.39, 0.29) is 29.9 Å². The van der Waals surface area contributed by atoms with Crippen LogP contribution in [0.2, 0.25) is 0 Å². The summed E-state index contributed by atoms with van der Waals surface area (Å²) in [5.41, 5.74) is -0.745. The molecule has 0 aromatic carbocycles. The largest absolute Gasteiger partial charge is 0.376 e. The van der Waals surface area contributed by atoms with E-state index < -0.39 is 11.6 Å². The molecule has 5 nitrogen and oxygen atoms in total. The third kappa shape index (κ3) is 2.56. The first-order valence-electron chi connectivity index (χ1n) is 8.14. The summed E-state index contributed by atoms with van der Waals surface area (Å²) in [6.45, 7) is 10.6. The number of carbonyl (C=O) groups is 2. The summed E-state index contributed by atoms with van der Waals surface area (Å²) in [7, 11) is 0. The molecule has 2 rings (SSSR count). The molecule has 1 N–H and O–H groups in total. The Morgan fingerprint density at radius 1 is 1.33 bits per heavy atom. The molecule has 2 heterocycles. The van der Waals surface area contributed by atoms with Crippen molar-refractivity contribution in [2.45, 2.75) is 77.6 Å². The number of nitrogens with zero attached hydrogens (tertiary/aromatic N) is 1. The molecule has 0 spiro atoms. The summed E-state index contributed by atoms with van der Waals surface area (Å²) in [4.78, 5) is 27.6. The fraction of sp³-hybridized carbons (Fsp3) is 0.875. The van der Waals surface area contributed by atoms with Crippen molar-refractivity contribution >= 4 is 11.8 Å². The molecule has 0 aliphatic carbocycles. The van der Waals surface area contributed by atoms with E-state index >= 15 is 0 Å². The summed E-state index contributed by atoms with van der Waals surface area (Å²) in [6.07, 6.45) is 2.05. The van der Waals surface area contributed by atoms with Gasteiger partial charge >= 0.3 is 0 Å². The Balaban J connectivity index is 2.42. The Kier molecular flexibility index (Phi) is 4.61. The van der Waals surface area contributed by atoms with E-state index in [1.165, 1.54) is 0 Å². The predicted molar refractivity (Wildman–Crippen MR) is 80.7 cm³/mol. The van der Waals surface area contributed by atoms with Crippen molar-refractivity contribution in [2.75, 3.05) is 6.61 Å². The van der Waals surface area contributed by atoms with Gasteiger partial charge in [0.2, 0.25) is 11.8 Å². The van der Waals surface area contributed by atoms with E-state index in [4.69, 9.17) is 4.74 Å². The van der Waals surface area contributed by atoms with Gasteiger partial charge in [-0.05, 0) is 32.1 Å². The Bertz CT molecular complexity index is 418. The molecule has 2 aliphatic rings. The number of rotatable bonds is 4. The zero-order valence-corrected chi connectivity index (χ0v) is 13.8. The first-order chi connectivity index (χ1) is 9.88. The molecule has 0 bridgehead atoms.